The zero-order chi connectivity index (χ0) is 19.1. The number of guanidine groups is 1. The van der Waals surface area contributed by atoms with Gasteiger partial charge in [0.25, 0.3) is 0 Å². The van der Waals surface area contributed by atoms with Gasteiger partial charge < -0.3 is 20.1 Å². The molecule has 2 rings (SSSR count). The Morgan fingerprint density at radius 2 is 2.07 bits per heavy atom. The van der Waals surface area contributed by atoms with Crippen LogP contribution in [0, 0.1) is 0 Å². The van der Waals surface area contributed by atoms with Gasteiger partial charge in [-0.05, 0) is 46.6 Å². The van der Waals surface area contributed by atoms with Crippen molar-refractivity contribution in [2.75, 3.05) is 18.9 Å². The summed E-state index contributed by atoms with van der Waals surface area (Å²) in [6.07, 6.45) is 2.04. The first-order chi connectivity index (χ1) is 12.4. The number of aliphatic imine (C=N–C) groups is 1. The molecular weight excluding hydrogens is 521 g/mol. The largest absolute Gasteiger partial charge is 0.357 e. The molecule has 0 aliphatic heterocycles. The summed E-state index contributed by atoms with van der Waals surface area (Å²) in [5.74, 6) is 0.766. The van der Waals surface area contributed by atoms with Crippen LogP contribution in [0.4, 0.5) is 5.69 Å². The third-order valence-electron chi connectivity index (χ3n) is 3.83. The van der Waals surface area contributed by atoms with Crippen molar-refractivity contribution in [3.63, 3.8) is 0 Å². The van der Waals surface area contributed by atoms with Crippen LogP contribution in [0.25, 0.3) is 0 Å². The quantitative estimate of drug-likeness (QED) is 0.327. The second kappa shape index (κ2) is 11.3. The fourth-order valence-corrected chi connectivity index (χ4v) is 3.20. The van der Waals surface area contributed by atoms with E-state index in [1.54, 1.807) is 0 Å². The normalized spacial score (nSPS) is 10.9. The SMILES string of the molecule is CCNC(=NCc1cccc(NC(C)=O)c1)N(C)Cc1cc(Br)cn1C.I. The molecule has 0 saturated carbocycles. The Morgan fingerprint density at radius 3 is 2.67 bits per heavy atom. The number of hydrogen-bond donors (Lipinski definition) is 2. The van der Waals surface area contributed by atoms with Gasteiger partial charge in [0.2, 0.25) is 5.91 Å². The number of carbonyl (C=O) groups is 1. The van der Waals surface area contributed by atoms with Crippen LogP contribution in [0.3, 0.4) is 0 Å². The maximum Gasteiger partial charge on any atom is 0.221 e. The molecule has 0 radical (unpaired) electrons. The van der Waals surface area contributed by atoms with E-state index in [-0.39, 0.29) is 29.9 Å². The average Bonchev–Trinajstić information content (AvgIpc) is 2.88. The van der Waals surface area contributed by atoms with E-state index < -0.39 is 0 Å². The van der Waals surface area contributed by atoms with Crippen molar-refractivity contribution in [3.8, 4) is 0 Å². The van der Waals surface area contributed by atoms with Crippen molar-refractivity contribution in [1.29, 1.82) is 0 Å². The summed E-state index contributed by atoms with van der Waals surface area (Å²) in [6, 6.07) is 9.86. The van der Waals surface area contributed by atoms with Gasteiger partial charge in [-0.2, -0.15) is 0 Å². The molecule has 2 N–H and O–H groups in total. The van der Waals surface area contributed by atoms with E-state index in [4.69, 9.17) is 4.99 Å². The molecular formula is C19H27BrIN5O. The van der Waals surface area contributed by atoms with Crippen molar-refractivity contribution >= 4 is 57.5 Å². The lowest BCUT2D eigenvalue weighted by Crippen LogP contribution is -2.38. The van der Waals surface area contributed by atoms with Gasteiger partial charge in [0, 0.05) is 49.6 Å². The minimum absolute atomic E-state index is 0. The second-order valence-corrected chi connectivity index (χ2v) is 7.08. The molecule has 6 nitrogen and oxygen atoms in total. The van der Waals surface area contributed by atoms with Crippen LogP contribution in [0.5, 0.6) is 0 Å². The number of carbonyl (C=O) groups excluding carboxylic acids is 1. The van der Waals surface area contributed by atoms with Crippen molar-refractivity contribution in [3.05, 3.63) is 52.3 Å². The van der Waals surface area contributed by atoms with Crippen LogP contribution in [-0.4, -0.2) is 34.9 Å². The molecule has 0 atom stereocenters. The first-order valence-electron chi connectivity index (χ1n) is 8.55. The molecule has 0 aliphatic rings. The minimum Gasteiger partial charge on any atom is -0.357 e. The number of nitrogens with zero attached hydrogens (tertiary/aromatic N) is 3. The maximum absolute atomic E-state index is 11.2. The number of aryl methyl sites for hydroxylation is 1. The Hall–Kier alpha value is -1.55. The summed E-state index contributed by atoms with van der Waals surface area (Å²) < 4.78 is 3.17. The van der Waals surface area contributed by atoms with Gasteiger partial charge in [0.15, 0.2) is 5.96 Å². The van der Waals surface area contributed by atoms with E-state index in [1.807, 2.05) is 44.6 Å². The molecule has 2 aromatic rings. The average molecular weight is 548 g/mol. The Bertz CT molecular complexity index is 790. The number of amides is 1. The maximum atomic E-state index is 11.2. The fourth-order valence-electron chi connectivity index (χ4n) is 2.63. The number of benzene rings is 1. The van der Waals surface area contributed by atoms with Crippen LogP contribution in [0.15, 0.2) is 46.0 Å². The first-order valence-corrected chi connectivity index (χ1v) is 9.35. The predicted octanol–water partition coefficient (Wildman–Crippen LogP) is 3.96. The van der Waals surface area contributed by atoms with Crippen molar-refractivity contribution in [2.45, 2.75) is 26.9 Å². The molecule has 8 heteroatoms. The number of hydrogen-bond acceptors (Lipinski definition) is 2. The summed E-state index contributed by atoms with van der Waals surface area (Å²) >= 11 is 3.51. The van der Waals surface area contributed by atoms with E-state index in [9.17, 15) is 4.79 Å². The Morgan fingerprint density at radius 1 is 1.33 bits per heavy atom. The van der Waals surface area contributed by atoms with Gasteiger partial charge in [-0.25, -0.2) is 4.99 Å². The number of nitrogens with one attached hydrogen (secondary N) is 2. The zero-order valence-electron chi connectivity index (χ0n) is 16.1. The molecule has 1 aromatic carbocycles. The molecule has 0 fully saturated rings. The lowest BCUT2D eigenvalue weighted by Gasteiger charge is -2.22. The summed E-state index contributed by atoms with van der Waals surface area (Å²) in [7, 11) is 4.06. The highest BCUT2D eigenvalue weighted by atomic mass is 127. The van der Waals surface area contributed by atoms with Crippen LogP contribution in [0.2, 0.25) is 0 Å². The third-order valence-corrected chi connectivity index (χ3v) is 4.26. The highest BCUT2D eigenvalue weighted by Gasteiger charge is 2.09. The van der Waals surface area contributed by atoms with Gasteiger partial charge in [-0.1, -0.05) is 12.1 Å². The Labute approximate surface area is 186 Å². The predicted molar refractivity (Wildman–Crippen MR) is 126 cm³/mol. The van der Waals surface area contributed by atoms with Crippen LogP contribution in [-0.2, 0) is 24.9 Å². The monoisotopic (exact) mass is 547 g/mol. The third kappa shape index (κ3) is 7.53. The summed E-state index contributed by atoms with van der Waals surface area (Å²) in [4.78, 5) is 18.0. The molecule has 27 heavy (non-hydrogen) atoms. The van der Waals surface area contributed by atoms with Crippen LogP contribution in [0.1, 0.15) is 25.1 Å². The van der Waals surface area contributed by atoms with Gasteiger partial charge in [-0.15, -0.1) is 24.0 Å². The number of aromatic nitrogens is 1. The smallest absolute Gasteiger partial charge is 0.221 e. The number of halogens is 2. The summed E-state index contributed by atoms with van der Waals surface area (Å²) in [5, 5.41) is 6.13. The van der Waals surface area contributed by atoms with Gasteiger partial charge in [0.05, 0.1) is 13.1 Å². The van der Waals surface area contributed by atoms with E-state index in [0.29, 0.717) is 6.54 Å². The molecule has 148 valence electrons. The van der Waals surface area contributed by atoms with Crippen molar-refractivity contribution in [1.82, 2.24) is 14.8 Å². The summed E-state index contributed by atoms with van der Waals surface area (Å²) in [6.45, 7) is 5.65. The lowest BCUT2D eigenvalue weighted by atomic mass is 10.2. The molecule has 0 unspecified atom stereocenters. The number of rotatable bonds is 6. The molecule has 0 bridgehead atoms. The highest BCUT2D eigenvalue weighted by molar-refractivity contribution is 14.0. The zero-order valence-corrected chi connectivity index (χ0v) is 20.0. The fraction of sp³-hybridized carbons (Fsp3) is 0.368. The molecule has 0 spiro atoms. The second-order valence-electron chi connectivity index (χ2n) is 6.17. The molecule has 1 amide bonds. The number of anilines is 1. The highest BCUT2D eigenvalue weighted by Crippen LogP contribution is 2.15. The Balaban J connectivity index is 0.00000364. The standard InChI is InChI=1S/C19H26BrN5O.HI/c1-5-21-19(25(4)13-18-10-16(20)12-24(18)3)22-11-15-7-6-8-17(9-15)23-14(2)26;/h6-10,12H,5,11,13H2,1-4H3,(H,21,22)(H,23,26);1H. The van der Waals surface area contributed by atoms with Crippen LogP contribution >= 0.6 is 39.9 Å². The van der Waals surface area contributed by atoms with Gasteiger partial charge in [-0.3, -0.25) is 4.79 Å². The van der Waals surface area contributed by atoms with Crippen LogP contribution < -0.4 is 10.6 Å². The molecule has 1 aromatic heterocycles. The first kappa shape index (κ1) is 23.5. The lowest BCUT2D eigenvalue weighted by molar-refractivity contribution is -0.114. The van der Waals surface area contributed by atoms with Crippen molar-refractivity contribution < 1.29 is 4.79 Å². The van der Waals surface area contributed by atoms with E-state index in [1.165, 1.54) is 12.6 Å². The minimum atomic E-state index is -0.0764. The molecule has 0 aliphatic carbocycles. The van der Waals surface area contributed by atoms with E-state index in [2.05, 4.69) is 49.0 Å². The Kier molecular flexibility index (Phi) is 9.86. The van der Waals surface area contributed by atoms with Crippen molar-refractivity contribution in [2.24, 2.45) is 12.0 Å². The summed E-state index contributed by atoms with van der Waals surface area (Å²) in [5.41, 5.74) is 3.02. The molecule has 0 saturated heterocycles. The van der Waals surface area contributed by atoms with E-state index in [0.717, 1.165) is 34.8 Å². The molecule has 1 heterocycles. The van der Waals surface area contributed by atoms with Gasteiger partial charge >= 0.3 is 0 Å². The van der Waals surface area contributed by atoms with E-state index >= 15 is 0 Å². The topological polar surface area (TPSA) is 61.7 Å². The van der Waals surface area contributed by atoms with Gasteiger partial charge in [0.1, 0.15) is 0 Å².